The van der Waals surface area contributed by atoms with Crippen LogP contribution in [0.15, 0.2) is 42.5 Å². The fraction of sp³-hybridized carbons (Fsp3) is 0.133. The molecule has 0 spiro atoms. The summed E-state index contributed by atoms with van der Waals surface area (Å²) in [6.07, 6.45) is 0. The van der Waals surface area contributed by atoms with E-state index in [1.54, 1.807) is 18.0 Å². The summed E-state index contributed by atoms with van der Waals surface area (Å²) in [5, 5.41) is 0. The lowest BCUT2D eigenvalue weighted by Crippen LogP contribution is -2.25. The molecule has 3 heteroatoms. The SMILES string of the molecule is Cc1ccc2c(c1)N(C)C(=O)c1ccccc1O2. The van der Waals surface area contributed by atoms with Crippen LogP contribution in [0, 0.1) is 6.92 Å². The van der Waals surface area contributed by atoms with Crippen LogP contribution in [-0.4, -0.2) is 13.0 Å². The quantitative estimate of drug-likeness (QED) is 0.705. The number of fused-ring (bicyclic) bond motifs is 2. The molecule has 18 heavy (non-hydrogen) atoms. The third-order valence-electron chi connectivity index (χ3n) is 3.12. The molecule has 0 bridgehead atoms. The lowest BCUT2D eigenvalue weighted by Gasteiger charge is -2.16. The van der Waals surface area contributed by atoms with E-state index in [9.17, 15) is 4.79 Å². The lowest BCUT2D eigenvalue weighted by molar-refractivity contribution is 0.0993. The fourth-order valence-corrected chi connectivity index (χ4v) is 2.12. The summed E-state index contributed by atoms with van der Waals surface area (Å²) in [5.41, 5.74) is 2.49. The van der Waals surface area contributed by atoms with Crippen LogP contribution in [0.4, 0.5) is 5.69 Å². The lowest BCUT2D eigenvalue weighted by atomic mass is 10.1. The molecular weight excluding hydrogens is 226 g/mol. The van der Waals surface area contributed by atoms with E-state index in [0.717, 1.165) is 11.3 Å². The van der Waals surface area contributed by atoms with Crippen LogP contribution in [0.25, 0.3) is 0 Å². The van der Waals surface area contributed by atoms with Crippen LogP contribution in [0.2, 0.25) is 0 Å². The van der Waals surface area contributed by atoms with Crippen molar-refractivity contribution in [2.75, 3.05) is 11.9 Å². The maximum absolute atomic E-state index is 12.4. The monoisotopic (exact) mass is 239 g/mol. The van der Waals surface area contributed by atoms with Gasteiger partial charge in [0.2, 0.25) is 0 Å². The molecule has 3 rings (SSSR count). The molecule has 0 saturated heterocycles. The van der Waals surface area contributed by atoms with Gasteiger partial charge in [0.25, 0.3) is 5.91 Å². The van der Waals surface area contributed by atoms with Crippen LogP contribution in [0.5, 0.6) is 11.5 Å². The van der Waals surface area contributed by atoms with E-state index in [4.69, 9.17) is 4.74 Å². The maximum Gasteiger partial charge on any atom is 0.261 e. The second kappa shape index (κ2) is 3.88. The molecule has 0 saturated carbocycles. The molecule has 1 aliphatic rings. The number of carbonyl (C=O) groups is 1. The third-order valence-corrected chi connectivity index (χ3v) is 3.12. The van der Waals surface area contributed by atoms with Crippen molar-refractivity contribution in [3.63, 3.8) is 0 Å². The average molecular weight is 239 g/mol. The molecule has 2 aromatic rings. The van der Waals surface area contributed by atoms with Crippen LogP contribution in [0.1, 0.15) is 15.9 Å². The number of hydrogen-bond donors (Lipinski definition) is 0. The van der Waals surface area contributed by atoms with E-state index in [1.807, 2.05) is 43.3 Å². The number of amides is 1. The Morgan fingerprint density at radius 3 is 2.67 bits per heavy atom. The van der Waals surface area contributed by atoms with Crippen molar-refractivity contribution < 1.29 is 9.53 Å². The number of anilines is 1. The zero-order valence-electron chi connectivity index (χ0n) is 10.3. The van der Waals surface area contributed by atoms with Crippen molar-refractivity contribution in [3.05, 3.63) is 53.6 Å². The first-order valence-electron chi connectivity index (χ1n) is 5.82. The third kappa shape index (κ3) is 1.56. The number of nitrogens with zero attached hydrogens (tertiary/aromatic N) is 1. The highest BCUT2D eigenvalue weighted by atomic mass is 16.5. The van der Waals surface area contributed by atoms with Crippen molar-refractivity contribution in [2.45, 2.75) is 6.92 Å². The highest BCUT2D eigenvalue weighted by Gasteiger charge is 2.24. The van der Waals surface area contributed by atoms with Crippen molar-refractivity contribution in [3.8, 4) is 11.5 Å². The normalized spacial score (nSPS) is 13.4. The first kappa shape index (κ1) is 10.8. The zero-order chi connectivity index (χ0) is 12.7. The largest absolute Gasteiger partial charge is 0.454 e. The molecule has 1 amide bonds. The Kier molecular flexibility index (Phi) is 2.33. The van der Waals surface area contributed by atoms with Gasteiger partial charge in [0.05, 0.1) is 11.3 Å². The number of aryl methyl sites for hydroxylation is 1. The van der Waals surface area contributed by atoms with Gasteiger partial charge in [0, 0.05) is 7.05 Å². The van der Waals surface area contributed by atoms with Gasteiger partial charge in [-0.15, -0.1) is 0 Å². The molecule has 3 nitrogen and oxygen atoms in total. The standard InChI is InChI=1S/C15H13NO2/c1-10-7-8-14-12(9-10)16(2)15(17)11-5-3-4-6-13(11)18-14/h3-9H,1-2H3. The van der Waals surface area contributed by atoms with Crippen LogP contribution < -0.4 is 9.64 Å². The first-order valence-corrected chi connectivity index (χ1v) is 5.82. The molecular formula is C15H13NO2. The Morgan fingerprint density at radius 2 is 1.83 bits per heavy atom. The zero-order valence-corrected chi connectivity index (χ0v) is 10.3. The van der Waals surface area contributed by atoms with Crippen molar-refractivity contribution in [1.29, 1.82) is 0 Å². The fourth-order valence-electron chi connectivity index (χ4n) is 2.12. The van der Waals surface area contributed by atoms with E-state index in [1.165, 1.54) is 0 Å². The highest BCUT2D eigenvalue weighted by molar-refractivity contribution is 6.09. The number of benzene rings is 2. The van der Waals surface area contributed by atoms with Crippen molar-refractivity contribution in [2.24, 2.45) is 0 Å². The highest BCUT2D eigenvalue weighted by Crippen LogP contribution is 2.38. The molecule has 2 aromatic carbocycles. The topological polar surface area (TPSA) is 29.5 Å². The minimum Gasteiger partial charge on any atom is -0.454 e. The predicted octanol–water partition coefficient (Wildman–Crippen LogP) is 3.38. The second-order valence-corrected chi connectivity index (χ2v) is 4.43. The van der Waals surface area contributed by atoms with E-state index in [-0.39, 0.29) is 5.91 Å². The molecule has 0 atom stereocenters. The van der Waals surface area contributed by atoms with E-state index in [2.05, 4.69) is 0 Å². The van der Waals surface area contributed by atoms with Gasteiger partial charge >= 0.3 is 0 Å². The minimum atomic E-state index is -0.0463. The first-order chi connectivity index (χ1) is 8.66. The molecule has 90 valence electrons. The smallest absolute Gasteiger partial charge is 0.261 e. The summed E-state index contributed by atoms with van der Waals surface area (Å²) < 4.78 is 5.84. The number of hydrogen-bond acceptors (Lipinski definition) is 2. The average Bonchev–Trinajstić information content (AvgIpc) is 2.48. The summed E-state index contributed by atoms with van der Waals surface area (Å²) in [5.74, 6) is 1.27. The summed E-state index contributed by atoms with van der Waals surface area (Å²) in [6, 6.07) is 13.1. The number of para-hydroxylation sites is 1. The van der Waals surface area contributed by atoms with Gasteiger partial charge in [-0.1, -0.05) is 18.2 Å². The number of carbonyl (C=O) groups excluding carboxylic acids is 1. The molecule has 0 aliphatic carbocycles. The van der Waals surface area contributed by atoms with Crippen LogP contribution >= 0.6 is 0 Å². The van der Waals surface area contributed by atoms with Gasteiger partial charge in [-0.3, -0.25) is 4.79 Å². The number of rotatable bonds is 0. The van der Waals surface area contributed by atoms with Gasteiger partial charge in [-0.05, 0) is 36.8 Å². The Labute approximate surface area is 106 Å². The minimum absolute atomic E-state index is 0.0463. The maximum atomic E-state index is 12.4. The molecule has 0 aromatic heterocycles. The molecule has 0 fully saturated rings. The van der Waals surface area contributed by atoms with Crippen LogP contribution in [0.3, 0.4) is 0 Å². The van der Waals surface area contributed by atoms with Gasteiger partial charge < -0.3 is 9.64 Å². The van der Waals surface area contributed by atoms with E-state index >= 15 is 0 Å². The molecule has 1 heterocycles. The van der Waals surface area contributed by atoms with Gasteiger partial charge in [-0.2, -0.15) is 0 Å². The van der Waals surface area contributed by atoms with E-state index in [0.29, 0.717) is 17.1 Å². The summed E-state index contributed by atoms with van der Waals surface area (Å²) in [7, 11) is 1.77. The number of ether oxygens (including phenoxy) is 1. The predicted molar refractivity (Wildman–Crippen MR) is 70.4 cm³/mol. The van der Waals surface area contributed by atoms with E-state index < -0.39 is 0 Å². The summed E-state index contributed by atoms with van der Waals surface area (Å²) in [6.45, 7) is 2.00. The van der Waals surface area contributed by atoms with Gasteiger partial charge in [0.1, 0.15) is 5.75 Å². The molecule has 0 unspecified atom stereocenters. The van der Waals surface area contributed by atoms with Gasteiger partial charge in [-0.25, -0.2) is 0 Å². The Hall–Kier alpha value is -2.29. The second-order valence-electron chi connectivity index (χ2n) is 4.43. The molecule has 0 N–H and O–H groups in total. The van der Waals surface area contributed by atoms with Crippen molar-refractivity contribution >= 4 is 11.6 Å². The Bertz CT molecular complexity index is 634. The van der Waals surface area contributed by atoms with Crippen molar-refractivity contribution in [1.82, 2.24) is 0 Å². The van der Waals surface area contributed by atoms with Gasteiger partial charge in [0.15, 0.2) is 5.75 Å². The Morgan fingerprint density at radius 1 is 1.06 bits per heavy atom. The molecule has 0 radical (unpaired) electrons. The molecule has 1 aliphatic heterocycles. The summed E-state index contributed by atoms with van der Waals surface area (Å²) >= 11 is 0. The van der Waals surface area contributed by atoms with Crippen LogP contribution in [-0.2, 0) is 0 Å². The Balaban J connectivity index is 2.23. The summed E-state index contributed by atoms with van der Waals surface area (Å²) in [4.78, 5) is 14.0.